The van der Waals surface area contributed by atoms with Crippen LogP contribution in [0.15, 0.2) is 0 Å². The topological polar surface area (TPSA) is 32.3 Å². The number of nitrogens with zero attached hydrogens (tertiary/aromatic N) is 1. The van der Waals surface area contributed by atoms with Gasteiger partial charge in [-0.2, -0.15) is 0 Å². The SMILES string of the molecule is CC(CNC1CC1)CN1CCC(C(C)C)CCC1=O. The van der Waals surface area contributed by atoms with Crippen LogP contribution >= 0.6 is 0 Å². The minimum atomic E-state index is 0.376. The summed E-state index contributed by atoms with van der Waals surface area (Å²) in [5.41, 5.74) is 0. The van der Waals surface area contributed by atoms with Gasteiger partial charge in [0.15, 0.2) is 0 Å². The minimum Gasteiger partial charge on any atom is -0.342 e. The zero-order valence-electron chi connectivity index (χ0n) is 12.8. The van der Waals surface area contributed by atoms with Crippen LogP contribution in [0.4, 0.5) is 0 Å². The van der Waals surface area contributed by atoms with Gasteiger partial charge in [0.25, 0.3) is 0 Å². The quantitative estimate of drug-likeness (QED) is 0.801. The fraction of sp³-hybridized carbons (Fsp3) is 0.938. The predicted octanol–water partition coefficient (Wildman–Crippen LogP) is 2.66. The summed E-state index contributed by atoms with van der Waals surface area (Å²) in [6, 6.07) is 0.771. The van der Waals surface area contributed by atoms with Crippen LogP contribution in [0.1, 0.15) is 52.9 Å². The zero-order valence-corrected chi connectivity index (χ0v) is 12.8. The van der Waals surface area contributed by atoms with Crippen LogP contribution in [0.5, 0.6) is 0 Å². The molecule has 0 aromatic heterocycles. The van der Waals surface area contributed by atoms with E-state index in [0.29, 0.717) is 17.7 Å². The lowest BCUT2D eigenvalue weighted by molar-refractivity contribution is -0.131. The van der Waals surface area contributed by atoms with Crippen LogP contribution in [0.3, 0.4) is 0 Å². The summed E-state index contributed by atoms with van der Waals surface area (Å²) in [7, 11) is 0. The summed E-state index contributed by atoms with van der Waals surface area (Å²) in [4.78, 5) is 14.3. The van der Waals surface area contributed by atoms with Gasteiger partial charge in [-0.3, -0.25) is 4.79 Å². The molecule has 0 bridgehead atoms. The molecule has 2 fully saturated rings. The fourth-order valence-corrected chi connectivity index (χ4v) is 3.01. The molecule has 19 heavy (non-hydrogen) atoms. The van der Waals surface area contributed by atoms with E-state index in [9.17, 15) is 4.79 Å². The summed E-state index contributed by atoms with van der Waals surface area (Å²) >= 11 is 0. The zero-order chi connectivity index (χ0) is 13.8. The van der Waals surface area contributed by atoms with Crippen molar-refractivity contribution >= 4 is 5.91 Å². The molecule has 2 rings (SSSR count). The lowest BCUT2D eigenvalue weighted by Crippen LogP contribution is -2.37. The van der Waals surface area contributed by atoms with E-state index in [0.717, 1.165) is 44.4 Å². The van der Waals surface area contributed by atoms with E-state index in [4.69, 9.17) is 0 Å². The summed E-state index contributed by atoms with van der Waals surface area (Å²) in [5, 5.41) is 3.57. The second-order valence-electron chi connectivity index (χ2n) is 6.96. The van der Waals surface area contributed by atoms with Gasteiger partial charge in [0.05, 0.1) is 0 Å². The van der Waals surface area contributed by atoms with Crippen molar-refractivity contribution in [1.82, 2.24) is 10.2 Å². The number of carbonyl (C=O) groups excluding carboxylic acids is 1. The number of hydrogen-bond acceptors (Lipinski definition) is 2. The van der Waals surface area contributed by atoms with E-state index in [2.05, 4.69) is 31.0 Å². The molecule has 1 saturated heterocycles. The minimum absolute atomic E-state index is 0.376. The third-order valence-electron chi connectivity index (χ3n) is 4.66. The Hall–Kier alpha value is -0.570. The average Bonchev–Trinajstić information content (AvgIpc) is 3.17. The third kappa shape index (κ3) is 4.79. The maximum Gasteiger partial charge on any atom is 0.222 e. The van der Waals surface area contributed by atoms with Crippen molar-refractivity contribution in [1.29, 1.82) is 0 Å². The van der Waals surface area contributed by atoms with Crippen LogP contribution in [0.2, 0.25) is 0 Å². The van der Waals surface area contributed by atoms with Gasteiger partial charge in [-0.05, 0) is 50.0 Å². The Balaban J connectivity index is 1.75. The van der Waals surface area contributed by atoms with Crippen LogP contribution < -0.4 is 5.32 Å². The van der Waals surface area contributed by atoms with E-state index < -0.39 is 0 Å². The second kappa shape index (κ2) is 6.74. The lowest BCUT2D eigenvalue weighted by atomic mass is 9.89. The molecule has 2 unspecified atom stereocenters. The van der Waals surface area contributed by atoms with Crippen LogP contribution in [0.25, 0.3) is 0 Å². The monoisotopic (exact) mass is 266 g/mol. The highest BCUT2D eigenvalue weighted by atomic mass is 16.2. The molecular formula is C16H30N2O. The number of amides is 1. The molecule has 2 aliphatic rings. The molecule has 0 aromatic rings. The molecule has 2 atom stereocenters. The predicted molar refractivity (Wildman–Crippen MR) is 78.9 cm³/mol. The maximum absolute atomic E-state index is 12.2. The molecule has 1 amide bonds. The highest BCUT2D eigenvalue weighted by Gasteiger charge is 2.26. The van der Waals surface area contributed by atoms with Crippen molar-refractivity contribution in [2.45, 2.75) is 58.9 Å². The second-order valence-corrected chi connectivity index (χ2v) is 6.96. The Kier molecular flexibility index (Phi) is 5.26. The Labute approximate surface area is 118 Å². The Morgan fingerprint density at radius 1 is 1.21 bits per heavy atom. The molecule has 1 saturated carbocycles. The molecule has 0 radical (unpaired) electrons. The van der Waals surface area contributed by atoms with Gasteiger partial charge in [0.2, 0.25) is 5.91 Å². The van der Waals surface area contributed by atoms with Gasteiger partial charge in [-0.15, -0.1) is 0 Å². The fourth-order valence-electron chi connectivity index (χ4n) is 3.01. The molecular weight excluding hydrogens is 236 g/mol. The molecule has 3 nitrogen and oxygen atoms in total. The van der Waals surface area contributed by atoms with Crippen LogP contribution in [0, 0.1) is 17.8 Å². The van der Waals surface area contributed by atoms with Crippen LogP contribution in [-0.4, -0.2) is 36.5 Å². The van der Waals surface area contributed by atoms with Crippen molar-refractivity contribution in [3.05, 3.63) is 0 Å². The van der Waals surface area contributed by atoms with E-state index in [1.807, 2.05) is 0 Å². The normalized spacial score (nSPS) is 26.6. The Bertz CT molecular complexity index is 299. The first kappa shape index (κ1) is 14.8. The largest absolute Gasteiger partial charge is 0.342 e. The van der Waals surface area contributed by atoms with Crippen molar-refractivity contribution < 1.29 is 4.79 Å². The van der Waals surface area contributed by atoms with Gasteiger partial charge in [-0.1, -0.05) is 20.8 Å². The molecule has 0 spiro atoms. The highest BCUT2D eigenvalue weighted by Crippen LogP contribution is 2.25. The summed E-state index contributed by atoms with van der Waals surface area (Å²) < 4.78 is 0. The number of likely N-dealkylation sites (tertiary alicyclic amines) is 1. The molecule has 3 heteroatoms. The highest BCUT2D eigenvalue weighted by molar-refractivity contribution is 5.76. The summed E-state index contributed by atoms with van der Waals surface area (Å²) in [6.45, 7) is 9.79. The van der Waals surface area contributed by atoms with E-state index >= 15 is 0 Å². The first-order valence-electron chi connectivity index (χ1n) is 8.07. The number of nitrogens with one attached hydrogen (secondary N) is 1. The Morgan fingerprint density at radius 2 is 1.95 bits per heavy atom. The number of hydrogen-bond donors (Lipinski definition) is 1. The molecule has 110 valence electrons. The maximum atomic E-state index is 12.2. The number of carbonyl (C=O) groups is 1. The van der Waals surface area contributed by atoms with Crippen LogP contribution in [-0.2, 0) is 4.79 Å². The van der Waals surface area contributed by atoms with E-state index in [-0.39, 0.29) is 0 Å². The molecule has 0 aromatic carbocycles. The van der Waals surface area contributed by atoms with Gasteiger partial charge in [0.1, 0.15) is 0 Å². The van der Waals surface area contributed by atoms with Crippen molar-refractivity contribution in [3.63, 3.8) is 0 Å². The summed E-state index contributed by atoms with van der Waals surface area (Å²) in [5.74, 6) is 2.39. The standard InChI is InChI=1S/C16H30N2O/c1-12(2)14-4-7-16(19)18(9-8-14)11-13(3)10-17-15-5-6-15/h12-15,17H,4-11H2,1-3H3. The van der Waals surface area contributed by atoms with Gasteiger partial charge < -0.3 is 10.2 Å². The Morgan fingerprint density at radius 3 is 2.58 bits per heavy atom. The number of rotatable bonds is 6. The summed E-state index contributed by atoms with van der Waals surface area (Å²) in [6.07, 6.45) is 5.70. The molecule has 1 aliphatic carbocycles. The van der Waals surface area contributed by atoms with Crippen molar-refractivity contribution in [2.24, 2.45) is 17.8 Å². The van der Waals surface area contributed by atoms with Gasteiger partial charge >= 0.3 is 0 Å². The molecule has 1 N–H and O–H groups in total. The van der Waals surface area contributed by atoms with Gasteiger partial charge in [-0.25, -0.2) is 0 Å². The molecule has 1 heterocycles. The van der Waals surface area contributed by atoms with Gasteiger partial charge in [0, 0.05) is 25.6 Å². The molecule has 1 aliphatic heterocycles. The van der Waals surface area contributed by atoms with E-state index in [1.54, 1.807) is 0 Å². The first-order valence-corrected chi connectivity index (χ1v) is 8.07. The first-order chi connectivity index (χ1) is 9.06. The smallest absolute Gasteiger partial charge is 0.222 e. The van der Waals surface area contributed by atoms with Crippen molar-refractivity contribution in [3.8, 4) is 0 Å². The third-order valence-corrected chi connectivity index (χ3v) is 4.66. The lowest BCUT2D eigenvalue weighted by Gasteiger charge is -2.25. The van der Waals surface area contributed by atoms with E-state index in [1.165, 1.54) is 19.3 Å². The average molecular weight is 266 g/mol. The van der Waals surface area contributed by atoms with Crippen molar-refractivity contribution in [2.75, 3.05) is 19.6 Å².